The van der Waals surface area contributed by atoms with Gasteiger partial charge in [-0.25, -0.2) is 14.5 Å². The van der Waals surface area contributed by atoms with Gasteiger partial charge in [0.2, 0.25) is 5.91 Å². The second-order valence-corrected chi connectivity index (χ2v) is 6.14. The highest BCUT2D eigenvalue weighted by Gasteiger charge is 2.22. The van der Waals surface area contributed by atoms with Gasteiger partial charge in [-0.05, 0) is 31.0 Å². The van der Waals surface area contributed by atoms with Crippen LogP contribution in [0.1, 0.15) is 41.5 Å². The number of aromatic amines is 1. The van der Waals surface area contributed by atoms with Crippen molar-refractivity contribution in [3.8, 4) is 0 Å². The Kier molecular flexibility index (Phi) is 3.68. The Morgan fingerprint density at radius 3 is 2.88 bits per heavy atom. The van der Waals surface area contributed by atoms with Crippen LogP contribution in [0.25, 0.3) is 11.0 Å². The minimum atomic E-state index is -1.18. The molecule has 25 heavy (non-hydrogen) atoms. The summed E-state index contributed by atoms with van der Waals surface area (Å²) < 4.78 is 1.18. The summed E-state index contributed by atoms with van der Waals surface area (Å²) in [5, 5.41) is 18.7. The van der Waals surface area contributed by atoms with Gasteiger partial charge in [0, 0.05) is 11.6 Å². The summed E-state index contributed by atoms with van der Waals surface area (Å²) in [6.45, 7) is -0.116. The van der Waals surface area contributed by atoms with Crippen LogP contribution in [-0.2, 0) is 11.3 Å². The standard InChI is InChI=1S/C16H16N6O3/c23-14(8-22-7-13(16(24)25)20-21-22)17-10-4-5-11-12(6-10)19-15(18-11)9-2-1-3-9/h4-7,9H,1-3,8H2,(H,17,23)(H,18,19)(H,24,25). The number of nitrogens with zero attached hydrogens (tertiary/aromatic N) is 4. The average molecular weight is 340 g/mol. The second-order valence-electron chi connectivity index (χ2n) is 6.14. The quantitative estimate of drug-likeness (QED) is 0.650. The number of amides is 1. The lowest BCUT2D eigenvalue weighted by atomic mass is 9.85. The third-order valence-electron chi connectivity index (χ3n) is 4.34. The number of aromatic carboxylic acids is 1. The van der Waals surface area contributed by atoms with Crippen molar-refractivity contribution in [3.05, 3.63) is 35.9 Å². The predicted octanol–water partition coefficient (Wildman–Crippen LogP) is 1.76. The zero-order valence-corrected chi connectivity index (χ0v) is 13.3. The van der Waals surface area contributed by atoms with E-state index < -0.39 is 5.97 Å². The summed E-state index contributed by atoms with van der Waals surface area (Å²) in [5.74, 6) is 0.0215. The molecule has 0 atom stereocenters. The molecular formula is C16H16N6O3. The summed E-state index contributed by atoms with van der Waals surface area (Å²) in [4.78, 5) is 30.8. The number of rotatable bonds is 5. The van der Waals surface area contributed by atoms with E-state index in [1.807, 2.05) is 12.1 Å². The van der Waals surface area contributed by atoms with Crippen molar-refractivity contribution < 1.29 is 14.7 Å². The van der Waals surface area contributed by atoms with Crippen LogP contribution in [0.5, 0.6) is 0 Å². The van der Waals surface area contributed by atoms with Gasteiger partial charge in [0.05, 0.1) is 17.2 Å². The molecule has 0 radical (unpaired) electrons. The highest BCUT2D eigenvalue weighted by Crippen LogP contribution is 2.35. The molecule has 1 amide bonds. The molecule has 3 N–H and O–H groups in total. The van der Waals surface area contributed by atoms with Gasteiger partial charge in [0.1, 0.15) is 12.4 Å². The first-order valence-electron chi connectivity index (χ1n) is 8.01. The topological polar surface area (TPSA) is 126 Å². The number of aromatic nitrogens is 5. The molecular weight excluding hydrogens is 324 g/mol. The van der Waals surface area contributed by atoms with Gasteiger partial charge in [-0.2, -0.15) is 0 Å². The van der Waals surface area contributed by atoms with Gasteiger partial charge < -0.3 is 15.4 Å². The number of H-pyrrole nitrogens is 1. The van der Waals surface area contributed by atoms with Crippen LogP contribution in [0.4, 0.5) is 5.69 Å². The Labute approximate surface area is 142 Å². The molecule has 9 heteroatoms. The van der Waals surface area contributed by atoms with E-state index in [4.69, 9.17) is 5.11 Å². The number of anilines is 1. The van der Waals surface area contributed by atoms with Crippen molar-refractivity contribution >= 4 is 28.6 Å². The Hall–Kier alpha value is -3.23. The first-order valence-corrected chi connectivity index (χ1v) is 8.01. The van der Waals surface area contributed by atoms with E-state index in [0.717, 1.165) is 16.9 Å². The normalized spacial score (nSPS) is 14.4. The van der Waals surface area contributed by atoms with Gasteiger partial charge in [-0.15, -0.1) is 5.10 Å². The first kappa shape index (κ1) is 15.3. The summed E-state index contributed by atoms with van der Waals surface area (Å²) in [5.41, 5.74) is 2.20. The molecule has 128 valence electrons. The van der Waals surface area contributed by atoms with Gasteiger partial charge in [-0.1, -0.05) is 11.6 Å². The molecule has 0 unspecified atom stereocenters. The summed E-state index contributed by atoms with van der Waals surface area (Å²) in [6.07, 6.45) is 4.79. The fourth-order valence-electron chi connectivity index (χ4n) is 2.80. The first-order chi connectivity index (χ1) is 12.1. The number of carbonyl (C=O) groups is 2. The summed E-state index contributed by atoms with van der Waals surface area (Å²) in [7, 11) is 0. The van der Waals surface area contributed by atoms with E-state index >= 15 is 0 Å². The number of carboxylic acids is 1. The SMILES string of the molecule is O=C(Cn1cc(C(=O)O)nn1)Nc1ccc2nc(C3CCC3)[nH]c2c1. The Morgan fingerprint density at radius 2 is 2.20 bits per heavy atom. The summed E-state index contributed by atoms with van der Waals surface area (Å²) >= 11 is 0. The zero-order valence-electron chi connectivity index (χ0n) is 13.3. The summed E-state index contributed by atoms with van der Waals surface area (Å²) in [6, 6.07) is 5.49. The number of nitrogens with one attached hydrogen (secondary N) is 2. The molecule has 0 saturated heterocycles. The number of hydrogen-bond donors (Lipinski definition) is 3. The third-order valence-corrected chi connectivity index (χ3v) is 4.34. The lowest BCUT2D eigenvalue weighted by Crippen LogP contribution is -2.19. The van der Waals surface area contributed by atoms with Crippen molar-refractivity contribution in [2.45, 2.75) is 31.7 Å². The van der Waals surface area contributed by atoms with Crippen LogP contribution in [-0.4, -0.2) is 41.9 Å². The largest absolute Gasteiger partial charge is 0.476 e. The fourth-order valence-corrected chi connectivity index (χ4v) is 2.80. The maximum atomic E-state index is 12.1. The molecule has 4 rings (SSSR count). The van der Waals surface area contributed by atoms with Crippen LogP contribution < -0.4 is 5.32 Å². The lowest BCUT2D eigenvalue weighted by Gasteiger charge is -2.22. The molecule has 0 aliphatic heterocycles. The number of benzene rings is 1. The molecule has 1 fully saturated rings. The van der Waals surface area contributed by atoms with Crippen LogP contribution >= 0.6 is 0 Å². The number of imidazole rings is 1. The molecule has 0 bridgehead atoms. The van der Waals surface area contributed by atoms with Crippen LogP contribution in [0, 0.1) is 0 Å². The fraction of sp³-hybridized carbons (Fsp3) is 0.312. The smallest absolute Gasteiger partial charge is 0.358 e. The molecule has 1 aliphatic carbocycles. The number of hydrogen-bond acceptors (Lipinski definition) is 5. The number of carboxylic acid groups (broad SMARTS) is 1. The number of carbonyl (C=O) groups excluding carboxylic acids is 1. The monoisotopic (exact) mass is 340 g/mol. The highest BCUT2D eigenvalue weighted by molar-refractivity contribution is 5.93. The van der Waals surface area contributed by atoms with Crippen molar-refractivity contribution in [2.75, 3.05) is 5.32 Å². The van der Waals surface area contributed by atoms with E-state index in [2.05, 4.69) is 25.6 Å². The third kappa shape index (κ3) is 3.08. The van der Waals surface area contributed by atoms with Crippen molar-refractivity contribution in [2.24, 2.45) is 0 Å². The Morgan fingerprint density at radius 1 is 1.36 bits per heavy atom. The van der Waals surface area contributed by atoms with E-state index in [1.54, 1.807) is 6.07 Å². The molecule has 3 aromatic rings. The van der Waals surface area contributed by atoms with E-state index in [-0.39, 0.29) is 18.1 Å². The second kappa shape index (κ2) is 6.00. The van der Waals surface area contributed by atoms with Crippen LogP contribution in [0.3, 0.4) is 0 Å². The Bertz CT molecular complexity index is 956. The molecule has 2 heterocycles. The minimum absolute atomic E-state index is 0.116. The Balaban J connectivity index is 1.45. The van der Waals surface area contributed by atoms with Crippen LogP contribution in [0.15, 0.2) is 24.4 Å². The molecule has 9 nitrogen and oxygen atoms in total. The maximum absolute atomic E-state index is 12.1. The van der Waals surface area contributed by atoms with Crippen molar-refractivity contribution in [1.29, 1.82) is 0 Å². The van der Waals surface area contributed by atoms with E-state index in [9.17, 15) is 9.59 Å². The molecule has 1 saturated carbocycles. The molecule has 0 spiro atoms. The van der Waals surface area contributed by atoms with E-state index in [1.165, 1.54) is 30.1 Å². The van der Waals surface area contributed by atoms with Gasteiger partial charge in [-0.3, -0.25) is 4.79 Å². The van der Waals surface area contributed by atoms with Crippen molar-refractivity contribution in [1.82, 2.24) is 25.0 Å². The van der Waals surface area contributed by atoms with Gasteiger partial charge in [0.15, 0.2) is 5.69 Å². The zero-order chi connectivity index (χ0) is 17.4. The van der Waals surface area contributed by atoms with E-state index in [0.29, 0.717) is 11.6 Å². The maximum Gasteiger partial charge on any atom is 0.358 e. The van der Waals surface area contributed by atoms with Gasteiger partial charge in [0.25, 0.3) is 0 Å². The van der Waals surface area contributed by atoms with Crippen LogP contribution in [0.2, 0.25) is 0 Å². The van der Waals surface area contributed by atoms with Crippen molar-refractivity contribution in [3.63, 3.8) is 0 Å². The molecule has 1 aromatic carbocycles. The number of fused-ring (bicyclic) bond motifs is 1. The highest BCUT2D eigenvalue weighted by atomic mass is 16.4. The predicted molar refractivity (Wildman–Crippen MR) is 88.3 cm³/mol. The minimum Gasteiger partial charge on any atom is -0.476 e. The van der Waals surface area contributed by atoms with Gasteiger partial charge >= 0.3 is 5.97 Å². The lowest BCUT2D eigenvalue weighted by molar-refractivity contribution is -0.116. The average Bonchev–Trinajstić information content (AvgIpc) is 3.11. The molecule has 2 aromatic heterocycles. The molecule has 1 aliphatic rings.